The Morgan fingerprint density at radius 3 is 2.57 bits per heavy atom. The van der Waals surface area contributed by atoms with Gasteiger partial charge in [-0.3, -0.25) is 14.5 Å². The third-order valence-corrected chi connectivity index (χ3v) is 4.86. The van der Waals surface area contributed by atoms with E-state index in [1.165, 1.54) is 14.2 Å². The molecule has 3 rings (SSSR count). The highest BCUT2D eigenvalue weighted by molar-refractivity contribution is 7.80. The summed E-state index contributed by atoms with van der Waals surface area (Å²) in [6.07, 6.45) is 1.62. The molecule has 1 saturated heterocycles. The molecule has 1 aliphatic rings. The molecule has 0 aromatic heterocycles. The van der Waals surface area contributed by atoms with Gasteiger partial charge in [0.25, 0.3) is 5.91 Å². The highest BCUT2D eigenvalue weighted by Gasteiger charge is 2.32. The maximum atomic E-state index is 12.5. The van der Waals surface area contributed by atoms with E-state index in [0.29, 0.717) is 28.7 Å². The highest BCUT2D eigenvalue weighted by atomic mass is 35.5. The number of halogens is 1. The van der Waals surface area contributed by atoms with Crippen LogP contribution in [0.2, 0.25) is 5.02 Å². The fraction of sp³-hybridized carbons (Fsp3) is 0.190. The predicted octanol–water partition coefficient (Wildman–Crippen LogP) is 3.16. The van der Waals surface area contributed by atoms with Crippen molar-refractivity contribution in [2.75, 3.05) is 20.8 Å². The number of hydrogen-bond acceptors (Lipinski definition) is 6. The molecule has 0 radical (unpaired) electrons. The monoisotopic (exact) mass is 446 g/mol. The molecular formula is C21H19ClN2O5S. The zero-order valence-corrected chi connectivity index (χ0v) is 17.9. The number of esters is 1. The highest BCUT2D eigenvalue weighted by Crippen LogP contribution is 2.30. The van der Waals surface area contributed by atoms with Gasteiger partial charge in [0, 0.05) is 5.02 Å². The van der Waals surface area contributed by atoms with Gasteiger partial charge in [-0.1, -0.05) is 29.8 Å². The Labute approximate surface area is 184 Å². The van der Waals surface area contributed by atoms with Crippen LogP contribution in [0.25, 0.3) is 6.08 Å². The first-order valence-electron chi connectivity index (χ1n) is 8.88. The lowest BCUT2D eigenvalue weighted by Crippen LogP contribution is -2.35. The van der Waals surface area contributed by atoms with E-state index in [4.69, 9.17) is 33.3 Å². The van der Waals surface area contributed by atoms with Gasteiger partial charge in [-0.05, 0) is 53.7 Å². The molecule has 0 aliphatic carbocycles. The van der Waals surface area contributed by atoms with Crippen LogP contribution in [-0.2, 0) is 20.9 Å². The number of methoxy groups -OCH3 is 2. The standard InChI is InChI=1S/C21H19ClN2O5S/c1-27-18-10-14(5-8-17(18)29-12-13-3-6-15(22)7-4-13)9-16-20(26)24(21(30)23-16)11-19(25)28-2/h3-10H,11-12H2,1-2H3,(H,23,30)/b16-9-. The van der Waals surface area contributed by atoms with Crippen molar-refractivity contribution >= 4 is 46.9 Å². The number of benzene rings is 2. The van der Waals surface area contributed by atoms with Crippen LogP contribution in [0.1, 0.15) is 11.1 Å². The summed E-state index contributed by atoms with van der Waals surface area (Å²) in [6.45, 7) is 0.101. The van der Waals surface area contributed by atoms with E-state index in [2.05, 4.69) is 10.1 Å². The smallest absolute Gasteiger partial charge is 0.325 e. The van der Waals surface area contributed by atoms with Crippen LogP contribution in [0.4, 0.5) is 0 Å². The Kier molecular flexibility index (Phi) is 6.91. The van der Waals surface area contributed by atoms with E-state index in [9.17, 15) is 9.59 Å². The average Bonchev–Trinajstić information content (AvgIpc) is 3.00. The summed E-state index contributed by atoms with van der Waals surface area (Å²) < 4.78 is 15.8. The minimum Gasteiger partial charge on any atom is -0.493 e. The summed E-state index contributed by atoms with van der Waals surface area (Å²) in [5.41, 5.74) is 1.91. The molecule has 30 heavy (non-hydrogen) atoms. The number of thiocarbonyl (C=S) groups is 1. The number of nitrogens with zero attached hydrogens (tertiary/aromatic N) is 1. The summed E-state index contributed by atoms with van der Waals surface area (Å²) in [5.74, 6) is 0.103. The van der Waals surface area contributed by atoms with Crippen LogP contribution < -0.4 is 14.8 Å². The SMILES string of the molecule is COC(=O)CN1C(=O)/C(=C/c2ccc(OCc3ccc(Cl)cc3)c(OC)c2)NC1=S. The number of carbonyl (C=O) groups is 2. The van der Waals surface area contributed by atoms with Crippen LogP contribution in [-0.4, -0.2) is 42.7 Å². The lowest BCUT2D eigenvalue weighted by molar-refractivity contribution is -0.143. The third kappa shape index (κ3) is 5.08. The average molecular weight is 447 g/mol. The van der Waals surface area contributed by atoms with Crippen molar-refractivity contribution in [1.29, 1.82) is 0 Å². The molecular weight excluding hydrogens is 428 g/mol. The van der Waals surface area contributed by atoms with E-state index in [-0.39, 0.29) is 17.4 Å². The first-order valence-corrected chi connectivity index (χ1v) is 9.66. The molecule has 1 heterocycles. The Morgan fingerprint density at radius 1 is 1.17 bits per heavy atom. The summed E-state index contributed by atoms with van der Waals surface area (Å²) in [7, 11) is 2.78. The number of nitrogens with one attached hydrogen (secondary N) is 1. The van der Waals surface area contributed by atoms with Gasteiger partial charge < -0.3 is 19.5 Å². The number of rotatable bonds is 7. The second-order valence-electron chi connectivity index (χ2n) is 6.28. The summed E-state index contributed by atoms with van der Waals surface area (Å²) in [4.78, 5) is 25.1. The minimum atomic E-state index is -0.558. The third-order valence-electron chi connectivity index (χ3n) is 4.28. The van der Waals surface area contributed by atoms with Gasteiger partial charge in [0.05, 0.1) is 14.2 Å². The number of hydrogen-bond donors (Lipinski definition) is 1. The van der Waals surface area contributed by atoms with E-state index < -0.39 is 11.9 Å². The molecule has 1 fully saturated rings. The van der Waals surface area contributed by atoms with E-state index in [0.717, 1.165) is 10.5 Å². The van der Waals surface area contributed by atoms with Gasteiger partial charge in [0.1, 0.15) is 18.8 Å². The quantitative estimate of drug-likeness (QED) is 0.397. The predicted molar refractivity (Wildman–Crippen MR) is 116 cm³/mol. The van der Waals surface area contributed by atoms with Crippen molar-refractivity contribution in [3.05, 3.63) is 64.3 Å². The fourth-order valence-corrected chi connectivity index (χ4v) is 3.09. The Morgan fingerprint density at radius 2 is 1.90 bits per heavy atom. The van der Waals surface area contributed by atoms with E-state index in [1.807, 2.05) is 12.1 Å². The summed E-state index contributed by atoms with van der Waals surface area (Å²) >= 11 is 11.0. The molecule has 0 unspecified atom stereocenters. The van der Waals surface area contributed by atoms with Gasteiger partial charge in [-0.15, -0.1) is 0 Å². The minimum absolute atomic E-state index is 0.145. The van der Waals surface area contributed by atoms with E-state index in [1.54, 1.807) is 36.4 Å². The fourth-order valence-electron chi connectivity index (χ4n) is 2.71. The molecule has 1 amide bonds. The molecule has 2 aromatic carbocycles. The lowest BCUT2D eigenvalue weighted by Gasteiger charge is -2.12. The van der Waals surface area contributed by atoms with Crippen molar-refractivity contribution in [3.8, 4) is 11.5 Å². The summed E-state index contributed by atoms with van der Waals surface area (Å²) in [5, 5.41) is 3.62. The van der Waals surface area contributed by atoms with E-state index >= 15 is 0 Å². The Hall–Kier alpha value is -3.10. The molecule has 0 bridgehead atoms. The normalized spacial score (nSPS) is 14.6. The van der Waals surface area contributed by atoms with Gasteiger partial charge >= 0.3 is 5.97 Å². The summed E-state index contributed by atoms with van der Waals surface area (Å²) in [6, 6.07) is 12.6. The Bertz CT molecular complexity index is 1010. The number of amides is 1. The van der Waals surface area contributed by atoms with Crippen molar-refractivity contribution in [3.63, 3.8) is 0 Å². The molecule has 9 heteroatoms. The van der Waals surface area contributed by atoms with Crippen molar-refractivity contribution < 1.29 is 23.8 Å². The first kappa shape index (κ1) is 21.6. The van der Waals surface area contributed by atoms with Crippen molar-refractivity contribution in [2.24, 2.45) is 0 Å². The topological polar surface area (TPSA) is 77.1 Å². The number of ether oxygens (including phenoxy) is 3. The largest absolute Gasteiger partial charge is 0.493 e. The molecule has 2 aromatic rings. The second-order valence-corrected chi connectivity index (χ2v) is 7.10. The zero-order chi connectivity index (χ0) is 21.7. The van der Waals surface area contributed by atoms with Crippen molar-refractivity contribution in [1.82, 2.24) is 10.2 Å². The molecule has 1 aliphatic heterocycles. The zero-order valence-electron chi connectivity index (χ0n) is 16.3. The molecule has 0 atom stereocenters. The maximum absolute atomic E-state index is 12.5. The van der Waals surface area contributed by atoms with Gasteiger partial charge in [0.2, 0.25) is 0 Å². The molecule has 7 nitrogen and oxygen atoms in total. The van der Waals surface area contributed by atoms with Crippen LogP contribution in [0.3, 0.4) is 0 Å². The van der Waals surface area contributed by atoms with Gasteiger partial charge in [0.15, 0.2) is 16.6 Å². The molecule has 1 N–H and O–H groups in total. The van der Waals surface area contributed by atoms with Crippen molar-refractivity contribution in [2.45, 2.75) is 6.61 Å². The van der Waals surface area contributed by atoms with Crippen LogP contribution in [0, 0.1) is 0 Å². The number of carbonyl (C=O) groups excluding carboxylic acids is 2. The lowest BCUT2D eigenvalue weighted by atomic mass is 10.1. The Balaban J connectivity index is 1.74. The maximum Gasteiger partial charge on any atom is 0.325 e. The second kappa shape index (κ2) is 9.60. The van der Waals surface area contributed by atoms with Gasteiger partial charge in [-0.25, -0.2) is 0 Å². The van der Waals surface area contributed by atoms with Gasteiger partial charge in [-0.2, -0.15) is 0 Å². The first-order chi connectivity index (χ1) is 14.4. The molecule has 0 saturated carbocycles. The molecule has 156 valence electrons. The molecule has 0 spiro atoms. The van der Waals surface area contributed by atoms with Crippen LogP contribution >= 0.6 is 23.8 Å². The van der Waals surface area contributed by atoms with Crippen LogP contribution in [0.5, 0.6) is 11.5 Å². The van der Waals surface area contributed by atoms with Crippen LogP contribution in [0.15, 0.2) is 48.2 Å².